The standard InChI is InChI=1S/C18H25N5OS/c19-10-14-5-1-2-8-23(14)18(24)13-4-3-7-22(11-13)16-15-6-9-25-17(15)21-12-20-16/h6,9,12-14H,1-5,7-8,10-11,19H2. The molecule has 2 unspecified atom stereocenters. The topological polar surface area (TPSA) is 75.3 Å². The van der Waals surface area contributed by atoms with Crippen LogP contribution in [0.4, 0.5) is 5.82 Å². The van der Waals surface area contributed by atoms with Crippen molar-refractivity contribution in [3.8, 4) is 0 Å². The van der Waals surface area contributed by atoms with Crippen LogP contribution in [0.25, 0.3) is 10.2 Å². The third kappa shape index (κ3) is 3.22. The molecule has 2 N–H and O–H groups in total. The molecule has 25 heavy (non-hydrogen) atoms. The molecule has 2 aromatic rings. The van der Waals surface area contributed by atoms with E-state index in [4.69, 9.17) is 5.73 Å². The molecule has 4 rings (SSSR count). The van der Waals surface area contributed by atoms with E-state index < -0.39 is 0 Å². The van der Waals surface area contributed by atoms with Crippen molar-refractivity contribution in [1.29, 1.82) is 0 Å². The van der Waals surface area contributed by atoms with Crippen LogP contribution >= 0.6 is 11.3 Å². The molecule has 2 aliphatic heterocycles. The van der Waals surface area contributed by atoms with Gasteiger partial charge in [-0.15, -0.1) is 11.3 Å². The molecule has 0 bridgehead atoms. The van der Waals surface area contributed by atoms with Gasteiger partial charge in [0.25, 0.3) is 0 Å². The highest BCUT2D eigenvalue weighted by molar-refractivity contribution is 7.16. The quantitative estimate of drug-likeness (QED) is 0.910. The van der Waals surface area contributed by atoms with Gasteiger partial charge in [-0.25, -0.2) is 9.97 Å². The van der Waals surface area contributed by atoms with Crippen LogP contribution in [-0.2, 0) is 4.79 Å². The van der Waals surface area contributed by atoms with Crippen molar-refractivity contribution in [2.75, 3.05) is 31.1 Å². The third-order valence-electron chi connectivity index (χ3n) is 5.49. The lowest BCUT2D eigenvalue weighted by Gasteiger charge is -2.40. The number of amides is 1. The summed E-state index contributed by atoms with van der Waals surface area (Å²) in [4.78, 5) is 27.3. The second-order valence-corrected chi connectivity index (χ2v) is 7.93. The lowest BCUT2D eigenvalue weighted by molar-refractivity contribution is -0.139. The van der Waals surface area contributed by atoms with Gasteiger partial charge in [-0.3, -0.25) is 4.79 Å². The maximum absolute atomic E-state index is 13.1. The van der Waals surface area contributed by atoms with Gasteiger partial charge in [-0.1, -0.05) is 0 Å². The molecule has 4 heterocycles. The Hall–Kier alpha value is -1.73. The van der Waals surface area contributed by atoms with Crippen molar-refractivity contribution in [1.82, 2.24) is 14.9 Å². The van der Waals surface area contributed by atoms with E-state index in [1.54, 1.807) is 17.7 Å². The molecule has 0 radical (unpaired) electrons. The molecule has 7 heteroatoms. The minimum atomic E-state index is 0.0459. The Bertz CT molecular complexity index is 748. The molecule has 2 fully saturated rings. The zero-order valence-electron chi connectivity index (χ0n) is 14.4. The maximum atomic E-state index is 13.1. The molecule has 0 spiro atoms. The van der Waals surface area contributed by atoms with Gasteiger partial charge in [0.05, 0.1) is 11.3 Å². The summed E-state index contributed by atoms with van der Waals surface area (Å²) in [5, 5.41) is 3.15. The Morgan fingerprint density at radius 1 is 1.24 bits per heavy atom. The average Bonchev–Trinajstić information content (AvgIpc) is 3.16. The molecule has 134 valence electrons. The molecule has 0 aromatic carbocycles. The van der Waals surface area contributed by atoms with E-state index in [9.17, 15) is 4.79 Å². The van der Waals surface area contributed by atoms with Crippen LogP contribution in [0.2, 0.25) is 0 Å². The van der Waals surface area contributed by atoms with Crippen LogP contribution in [0.5, 0.6) is 0 Å². The second-order valence-electron chi connectivity index (χ2n) is 7.04. The number of piperidine rings is 2. The number of likely N-dealkylation sites (tertiary alicyclic amines) is 1. The number of aromatic nitrogens is 2. The summed E-state index contributed by atoms with van der Waals surface area (Å²) in [5.74, 6) is 1.30. The fourth-order valence-corrected chi connectivity index (χ4v) is 4.90. The number of anilines is 1. The van der Waals surface area contributed by atoms with Crippen LogP contribution in [-0.4, -0.2) is 53.0 Å². The Labute approximate surface area is 152 Å². The van der Waals surface area contributed by atoms with E-state index in [2.05, 4.69) is 31.2 Å². The zero-order valence-corrected chi connectivity index (χ0v) is 15.2. The number of carbonyl (C=O) groups excluding carboxylic acids is 1. The molecule has 2 aromatic heterocycles. The molecule has 6 nitrogen and oxygen atoms in total. The van der Waals surface area contributed by atoms with Gasteiger partial charge >= 0.3 is 0 Å². The average molecular weight is 359 g/mol. The lowest BCUT2D eigenvalue weighted by Crippen LogP contribution is -2.52. The minimum Gasteiger partial charge on any atom is -0.355 e. The summed E-state index contributed by atoms with van der Waals surface area (Å²) in [6.45, 7) is 3.13. The first kappa shape index (κ1) is 16.7. The predicted octanol–water partition coefficient (Wildman–Crippen LogP) is 2.25. The summed E-state index contributed by atoms with van der Waals surface area (Å²) in [7, 11) is 0. The van der Waals surface area contributed by atoms with Crippen LogP contribution in [0.1, 0.15) is 32.1 Å². The van der Waals surface area contributed by atoms with Gasteiger partial charge in [0.15, 0.2) is 0 Å². The lowest BCUT2D eigenvalue weighted by atomic mass is 9.93. The molecular weight excluding hydrogens is 334 g/mol. The van der Waals surface area contributed by atoms with E-state index in [0.29, 0.717) is 6.54 Å². The number of hydrogen-bond donors (Lipinski definition) is 1. The van der Waals surface area contributed by atoms with Crippen molar-refractivity contribution < 1.29 is 4.79 Å². The first-order valence-corrected chi connectivity index (χ1v) is 10.1. The van der Waals surface area contributed by atoms with Crippen LogP contribution in [0.3, 0.4) is 0 Å². The Morgan fingerprint density at radius 3 is 3.04 bits per heavy atom. The van der Waals surface area contributed by atoms with Crippen molar-refractivity contribution in [3.05, 3.63) is 17.8 Å². The molecule has 2 aliphatic rings. The van der Waals surface area contributed by atoms with Crippen LogP contribution < -0.4 is 10.6 Å². The Morgan fingerprint density at radius 2 is 2.16 bits per heavy atom. The van der Waals surface area contributed by atoms with E-state index in [-0.39, 0.29) is 17.9 Å². The van der Waals surface area contributed by atoms with Gasteiger partial charge in [0, 0.05) is 32.2 Å². The SMILES string of the molecule is NCC1CCCCN1C(=O)C1CCCN(c2ncnc3sccc23)C1. The maximum Gasteiger partial charge on any atom is 0.227 e. The van der Waals surface area contributed by atoms with Crippen LogP contribution in [0.15, 0.2) is 17.8 Å². The predicted molar refractivity (Wildman–Crippen MR) is 101 cm³/mol. The summed E-state index contributed by atoms with van der Waals surface area (Å²) in [6, 6.07) is 2.30. The Kier molecular flexibility index (Phi) is 4.85. The highest BCUT2D eigenvalue weighted by Gasteiger charge is 2.34. The number of rotatable bonds is 3. The van der Waals surface area contributed by atoms with Crippen LogP contribution in [0, 0.1) is 5.92 Å². The van der Waals surface area contributed by atoms with E-state index >= 15 is 0 Å². The highest BCUT2D eigenvalue weighted by atomic mass is 32.1. The van der Waals surface area contributed by atoms with Gasteiger partial charge in [-0.05, 0) is 43.6 Å². The molecule has 2 saturated heterocycles. The van der Waals surface area contributed by atoms with Crippen molar-refractivity contribution >= 4 is 33.3 Å². The van der Waals surface area contributed by atoms with E-state index in [1.165, 1.54) is 6.42 Å². The largest absolute Gasteiger partial charge is 0.355 e. The fourth-order valence-electron chi connectivity index (χ4n) is 4.17. The van der Waals surface area contributed by atoms with Gasteiger partial charge in [-0.2, -0.15) is 0 Å². The van der Waals surface area contributed by atoms with Crippen molar-refractivity contribution in [2.24, 2.45) is 11.7 Å². The van der Waals surface area contributed by atoms with Gasteiger partial charge in [0.2, 0.25) is 5.91 Å². The first-order valence-electron chi connectivity index (χ1n) is 9.21. The summed E-state index contributed by atoms with van der Waals surface area (Å²) in [5.41, 5.74) is 5.91. The Balaban J connectivity index is 1.52. The second kappa shape index (κ2) is 7.25. The monoisotopic (exact) mass is 359 g/mol. The summed E-state index contributed by atoms with van der Waals surface area (Å²) >= 11 is 1.63. The molecule has 2 atom stereocenters. The fraction of sp³-hybridized carbons (Fsp3) is 0.611. The molecule has 1 amide bonds. The number of fused-ring (bicyclic) bond motifs is 1. The molecule has 0 aliphatic carbocycles. The van der Waals surface area contributed by atoms with E-state index in [1.807, 2.05) is 0 Å². The van der Waals surface area contributed by atoms with Gasteiger partial charge in [0.1, 0.15) is 17.0 Å². The number of hydrogen-bond acceptors (Lipinski definition) is 6. The smallest absolute Gasteiger partial charge is 0.227 e. The molecular formula is C18H25N5OS. The minimum absolute atomic E-state index is 0.0459. The zero-order chi connectivity index (χ0) is 17.2. The number of carbonyl (C=O) groups is 1. The third-order valence-corrected chi connectivity index (χ3v) is 6.31. The number of nitrogens with two attached hydrogens (primary N) is 1. The van der Waals surface area contributed by atoms with Crippen molar-refractivity contribution in [3.63, 3.8) is 0 Å². The summed E-state index contributed by atoms with van der Waals surface area (Å²) in [6.07, 6.45) is 6.93. The normalized spacial score (nSPS) is 24.7. The highest BCUT2D eigenvalue weighted by Crippen LogP contribution is 2.31. The number of thiophene rings is 1. The first-order chi connectivity index (χ1) is 12.3. The number of nitrogens with zero attached hydrogens (tertiary/aromatic N) is 4. The molecule has 0 saturated carbocycles. The van der Waals surface area contributed by atoms with Gasteiger partial charge < -0.3 is 15.5 Å². The van der Waals surface area contributed by atoms with Crippen molar-refractivity contribution in [2.45, 2.75) is 38.1 Å². The summed E-state index contributed by atoms with van der Waals surface area (Å²) < 4.78 is 0. The van der Waals surface area contributed by atoms with E-state index in [0.717, 1.165) is 61.4 Å².